The third-order valence-corrected chi connectivity index (χ3v) is 5.18. The van der Waals surface area contributed by atoms with Gasteiger partial charge in [-0.05, 0) is 36.5 Å². The van der Waals surface area contributed by atoms with E-state index in [2.05, 4.69) is 23.1 Å². The molecule has 2 N–H and O–H groups in total. The minimum atomic E-state index is -1.82. The highest BCUT2D eigenvalue weighted by molar-refractivity contribution is 6.30. The number of piperidine rings is 1. The number of aliphatic carboxylic acids is 2. The lowest BCUT2D eigenvalue weighted by Crippen LogP contribution is -2.46. The zero-order valence-corrected chi connectivity index (χ0v) is 17.5. The summed E-state index contributed by atoms with van der Waals surface area (Å²) in [6, 6.07) is 7.88. The molecule has 1 aromatic carbocycles. The number of halogens is 1. The molecule has 0 radical (unpaired) electrons. The monoisotopic (exact) mass is 438 g/mol. The summed E-state index contributed by atoms with van der Waals surface area (Å²) in [5, 5.41) is 15.5. The van der Waals surface area contributed by atoms with Crippen molar-refractivity contribution in [3.05, 3.63) is 40.9 Å². The number of carboxylic acid groups (broad SMARTS) is 2. The van der Waals surface area contributed by atoms with Crippen LogP contribution in [0.25, 0.3) is 6.08 Å². The average Bonchev–Trinajstić information content (AvgIpc) is 2.74. The third-order valence-electron chi connectivity index (χ3n) is 4.95. The molecule has 30 heavy (non-hydrogen) atoms. The number of ether oxygens (including phenoxy) is 1. The maximum absolute atomic E-state index is 12.4. The van der Waals surface area contributed by atoms with Gasteiger partial charge in [-0.1, -0.05) is 35.9 Å². The molecule has 3 rings (SSSR count). The SMILES string of the molecule is O=C(CN1CCOCC1)N1CCC(/C=C/c2cccc(Cl)c2)CC1.O=C(O)C(=O)O. The van der Waals surface area contributed by atoms with E-state index >= 15 is 0 Å². The molecule has 2 aliphatic heterocycles. The van der Waals surface area contributed by atoms with Crippen LogP contribution in [0.3, 0.4) is 0 Å². The first-order chi connectivity index (χ1) is 14.3. The Morgan fingerprint density at radius 2 is 1.70 bits per heavy atom. The number of hydrogen-bond acceptors (Lipinski definition) is 5. The number of rotatable bonds is 4. The van der Waals surface area contributed by atoms with Gasteiger partial charge in [0.05, 0.1) is 19.8 Å². The molecule has 2 aliphatic rings. The summed E-state index contributed by atoms with van der Waals surface area (Å²) >= 11 is 6.01. The predicted molar refractivity (Wildman–Crippen MR) is 112 cm³/mol. The van der Waals surface area contributed by atoms with Crippen molar-refractivity contribution in [2.75, 3.05) is 45.9 Å². The number of amides is 1. The first-order valence-corrected chi connectivity index (χ1v) is 10.2. The van der Waals surface area contributed by atoms with E-state index in [1.165, 1.54) is 0 Å². The summed E-state index contributed by atoms with van der Waals surface area (Å²) in [5.41, 5.74) is 1.13. The van der Waals surface area contributed by atoms with Crippen molar-refractivity contribution in [1.82, 2.24) is 9.80 Å². The second kappa shape index (κ2) is 12.3. The highest BCUT2D eigenvalue weighted by atomic mass is 35.5. The van der Waals surface area contributed by atoms with Crippen molar-refractivity contribution in [3.8, 4) is 0 Å². The Kier molecular flexibility index (Phi) is 9.79. The number of allylic oxidation sites excluding steroid dienone is 1. The molecule has 1 amide bonds. The van der Waals surface area contributed by atoms with Crippen LogP contribution in [0, 0.1) is 5.92 Å². The Bertz CT molecular complexity index is 744. The van der Waals surface area contributed by atoms with Gasteiger partial charge in [-0.3, -0.25) is 9.69 Å². The summed E-state index contributed by atoms with van der Waals surface area (Å²) in [5.74, 6) is -2.85. The fourth-order valence-corrected chi connectivity index (χ4v) is 3.45. The molecule has 0 spiro atoms. The fraction of sp³-hybridized carbons (Fsp3) is 0.476. The molecule has 2 fully saturated rings. The molecular formula is C21H27ClN2O6. The number of carboxylic acids is 2. The van der Waals surface area contributed by atoms with Crippen molar-refractivity contribution >= 4 is 35.5 Å². The van der Waals surface area contributed by atoms with Crippen LogP contribution in [0.5, 0.6) is 0 Å². The van der Waals surface area contributed by atoms with Gasteiger partial charge < -0.3 is 19.8 Å². The first kappa shape index (κ1) is 23.9. The Hall–Kier alpha value is -2.42. The number of hydrogen-bond donors (Lipinski definition) is 2. The highest BCUT2D eigenvalue weighted by Gasteiger charge is 2.23. The van der Waals surface area contributed by atoms with Crippen LogP contribution in [0.1, 0.15) is 18.4 Å². The van der Waals surface area contributed by atoms with Crippen LogP contribution in [-0.2, 0) is 19.1 Å². The topological polar surface area (TPSA) is 107 Å². The molecule has 2 heterocycles. The zero-order chi connectivity index (χ0) is 21.9. The Balaban J connectivity index is 0.000000469. The standard InChI is InChI=1S/C19H25ClN2O2.C2H2O4/c20-18-3-1-2-17(14-18)5-4-16-6-8-22(9-7-16)19(23)15-21-10-12-24-13-11-21;3-1(4)2(5)6/h1-5,14,16H,6-13,15H2;(H,3,4)(H,5,6)/b5-4+;. The lowest BCUT2D eigenvalue weighted by molar-refractivity contribution is -0.159. The Labute approximate surface area is 180 Å². The van der Waals surface area contributed by atoms with E-state index in [9.17, 15) is 4.79 Å². The van der Waals surface area contributed by atoms with Crippen molar-refractivity contribution in [1.29, 1.82) is 0 Å². The van der Waals surface area contributed by atoms with E-state index in [0.717, 1.165) is 62.8 Å². The molecule has 164 valence electrons. The van der Waals surface area contributed by atoms with E-state index in [4.69, 9.17) is 36.1 Å². The highest BCUT2D eigenvalue weighted by Crippen LogP contribution is 2.21. The molecule has 0 saturated carbocycles. The maximum Gasteiger partial charge on any atom is 0.414 e. The minimum absolute atomic E-state index is 0.258. The van der Waals surface area contributed by atoms with E-state index in [1.807, 2.05) is 23.1 Å². The smallest absolute Gasteiger partial charge is 0.414 e. The number of carbonyl (C=O) groups excluding carboxylic acids is 1. The van der Waals surface area contributed by atoms with Crippen molar-refractivity contribution in [3.63, 3.8) is 0 Å². The molecule has 0 atom stereocenters. The summed E-state index contributed by atoms with van der Waals surface area (Å²) in [7, 11) is 0. The summed E-state index contributed by atoms with van der Waals surface area (Å²) < 4.78 is 5.33. The lowest BCUT2D eigenvalue weighted by atomic mass is 9.95. The second-order valence-corrected chi connectivity index (χ2v) is 7.57. The quantitative estimate of drug-likeness (QED) is 0.693. The minimum Gasteiger partial charge on any atom is -0.473 e. The molecule has 1 aromatic rings. The van der Waals surface area contributed by atoms with Gasteiger partial charge in [0, 0.05) is 31.2 Å². The van der Waals surface area contributed by atoms with Gasteiger partial charge in [0.25, 0.3) is 0 Å². The third kappa shape index (κ3) is 8.52. The molecule has 2 saturated heterocycles. The van der Waals surface area contributed by atoms with Crippen LogP contribution >= 0.6 is 11.6 Å². The maximum atomic E-state index is 12.4. The van der Waals surface area contributed by atoms with E-state index in [0.29, 0.717) is 12.5 Å². The number of benzene rings is 1. The van der Waals surface area contributed by atoms with Crippen LogP contribution in [0.2, 0.25) is 5.02 Å². The van der Waals surface area contributed by atoms with Crippen LogP contribution < -0.4 is 0 Å². The summed E-state index contributed by atoms with van der Waals surface area (Å²) in [4.78, 5) is 34.8. The first-order valence-electron chi connectivity index (χ1n) is 9.83. The van der Waals surface area contributed by atoms with Crippen molar-refractivity contribution in [2.45, 2.75) is 12.8 Å². The van der Waals surface area contributed by atoms with Gasteiger partial charge in [0.1, 0.15) is 0 Å². The van der Waals surface area contributed by atoms with Gasteiger partial charge in [0.2, 0.25) is 5.91 Å². The summed E-state index contributed by atoms with van der Waals surface area (Å²) in [6.07, 6.45) is 6.47. The van der Waals surface area contributed by atoms with Gasteiger partial charge in [-0.15, -0.1) is 0 Å². The molecule has 0 aromatic heterocycles. The van der Waals surface area contributed by atoms with Gasteiger partial charge in [-0.2, -0.15) is 0 Å². The molecular weight excluding hydrogens is 412 g/mol. The molecule has 8 nitrogen and oxygen atoms in total. The Morgan fingerprint density at radius 1 is 1.07 bits per heavy atom. The normalized spacial score (nSPS) is 18.0. The number of carbonyl (C=O) groups is 3. The molecule has 9 heteroatoms. The predicted octanol–water partition coefficient (Wildman–Crippen LogP) is 2.08. The largest absolute Gasteiger partial charge is 0.473 e. The zero-order valence-electron chi connectivity index (χ0n) is 16.7. The molecule has 0 bridgehead atoms. The van der Waals surface area contributed by atoms with Gasteiger partial charge >= 0.3 is 11.9 Å². The Morgan fingerprint density at radius 3 is 2.27 bits per heavy atom. The number of nitrogens with zero attached hydrogens (tertiary/aromatic N) is 2. The van der Waals surface area contributed by atoms with Gasteiger partial charge in [0.15, 0.2) is 0 Å². The van der Waals surface area contributed by atoms with Crippen molar-refractivity contribution in [2.24, 2.45) is 5.92 Å². The van der Waals surface area contributed by atoms with Crippen molar-refractivity contribution < 1.29 is 29.3 Å². The molecule has 0 aliphatic carbocycles. The number of morpholine rings is 1. The second-order valence-electron chi connectivity index (χ2n) is 7.13. The fourth-order valence-electron chi connectivity index (χ4n) is 3.25. The van der Waals surface area contributed by atoms with Gasteiger partial charge in [-0.25, -0.2) is 9.59 Å². The average molecular weight is 439 g/mol. The lowest BCUT2D eigenvalue weighted by Gasteiger charge is -2.33. The van der Waals surface area contributed by atoms with E-state index in [1.54, 1.807) is 0 Å². The van der Waals surface area contributed by atoms with E-state index < -0.39 is 11.9 Å². The van der Waals surface area contributed by atoms with Crippen LogP contribution in [0.4, 0.5) is 0 Å². The van der Waals surface area contributed by atoms with E-state index in [-0.39, 0.29) is 5.91 Å². The summed E-state index contributed by atoms with van der Waals surface area (Å²) in [6.45, 7) is 5.45. The number of likely N-dealkylation sites (tertiary alicyclic amines) is 1. The van der Waals surface area contributed by atoms with Crippen LogP contribution in [-0.4, -0.2) is 83.8 Å². The molecule has 0 unspecified atom stereocenters. The van der Waals surface area contributed by atoms with Crippen LogP contribution in [0.15, 0.2) is 30.3 Å².